The fourth-order valence-corrected chi connectivity index (χ4v) is 2.70. The van der Waals surface area contributed by atoms with Crippen LogP contribution in [0.25, 0.3) is 0 Å². The lowest BCUT2D eigenvalue weighted by molar-refractivity contribution is -0.148. The van der Waals surface area contributed by atoms with Crippen molar-refractivity contribution in [1.29, 1.82) is 0 Å². The van der Waals surface area contributed by atoms with Crippen LogP contribution in [0.1, 0.15) is 30.9 Å². The Balaban J connectivity index is 2.09. The molecular weight excluding hydrogens is 280 g/mol. The number of benzene rings is 1. The summed E-state index contributed by atoms with van der Waals surface area (Å²) in [5.74, 6) is -1.82. The Hall–Kier alpha value is -1.53. The van der Waals surface area contributed by atoms with Gasteiger partial charge < -0.3 is 9.84 Å². The summed E-state index contributed by atoms with van der Waals surface area (Å²) in [7, 11) is 1.32. The molecule has 1 aromatic rings. The molecule has 6 heteroatoms. The molecule has 21 heavy (non-hydrogen) atoms. The van der Waals surface area contributed by atoms with Crippen molar-refractivity contribution in [2.24, 2.45) is 0 Å². The molecule has 2 atom stereocenters. The average molecular weight is 299 g/mol. The number of esters is 1. The molecule has 0 bridgehead atoms. The van der Waals surface area contributed by atoms with Crippen LogP contribution in [-0.4, -0.2) is 42.2 Å². The summed E-state index contributed by atoms with van der Waals surface area (Å²) in [6, 6.07) is 2.66. The zero-order valence-corrected chi connectivity index (χ0v) is 11.9. The number of hydrogen-bond donors (Lipinski definition) is 1. The smallest absolute Gasteiger partial charge is 0.323 e. The van der Waals surface area contributed by atoms with Gasteiger partial charge in [-0.15, -0.1) is 0 Å². The van der Waals surface area contributed by atoms with Gasteiger partial charge in [0.1, 0.15) is 17.7 Å². The number of methoxy groups -OCH3 is 1. The molecule has 4 nitrogen and oxygen atoms in total. The Morgan fingerprint density at radius 3 is 2.90 bits per heavy atom. The van der Waals surface area contributed by atoms with Crippen LogP contribution in [0.5, 0.6) is 0 Å². The van der Waals surface area contributed by atoms with E-state index in [9.17, 15) is 18.7 Å². The summed E-state index contributed by atoms with van der Waals surface area (Å²) in [6.07, 6.45) is 1.37. The van der Waals surface area contributed by atoms with Crippen molar-refractivity contribution in [1.82, 2.24) is 4.90 Å². The monoisotopic (exact) mass is 299 g/mol. The van der Waals surface area contributed by atoms with Crippen molar-refractivity contribution in [3.63, 3.8) is 0 Å². The fourth-order valence-electron chi connectivity index (χ4n) is 2.70. The molecule has 1 N–H and O–H groups in total. The normalized spacial score (nSPS) is 21.0. The molecule has 0 saturated carbocycles. The molecule has 0 aromatic heterocycles. The number of ether oxygens (including phenoxy) is 1. The van der Waals surface area contributed by atoms with E-state index in [1.807, 2.05) is 0 Å². The van der Waals surface area contributed by atoms with E-state index in [4.69, 9.17) is 4.74 Å². The number of carbonyl (C=O) groups excluding carboxylic acids is 1. The van der Waals surface area contributed by atoms with Crippen molar-refractivity contribution in [3.05, 3.63) is 35.4 Å². The maximum absolute atomic E-state index is 13.7. The molecule has 1 saturated heterocycles. The van der Waals surface area contributed by atoms with Crippen LogP contribution < -0.4 is 0 Å². The minimum Gasteiger partial charge on any atom is -0.468 e. The highest BCUT2D eigenvalue weighted by Gasteiger charge is 2.31. The second kappa shape index (κ2) is 6.95. The Morgan fingerprint density at radius 2 is 2.24 bits per heavy atom. The third-order valence-corrected chi connectivity index (χ3v) is 3.82. The number of likely N-dealkylation sites (tertiary alicyclic amines) is 1. The van der Waals surface area contributed by atoms with Crippen molar-refractivity contribution in [2.45, 2.75) is 31.4 Å². The van der Waals surface area contributed by atoms with Gasteiger partial charge in [-0.3, -0.25) is 9.69 Å². The minimum absolute atomic E-state index is 0.0330. The molecule has 0 aliphatic carbocycles. The van der Waals surface area contributed by atoms with E-state index in [0.717, 1.165) is 25.0 Å². The predicted octanol–water partition coefficient (Wildman–Crippen LogP) is 2.03. The summed E-state index contributed by atoms with van der Waals surface area (Å²) in [5.41, 5.74) is 0.0330. The Morgan fingerprint density at radius 1 is 1.48 bits per heavy atom. The zero-order chi connectivity index (χ0) is 15.4. The molecular formula is C15H19F2NO3. The number of piperidine rings is 1. The first kappa shape index (κ1) is 15.9. The summed E-state index contributed by atoms with van der Waals surface area (Å²) in [5, 5.41) is 10.2. The number of β-amino-alcohol motifs (C(OH)–C–C–N with tert-alkyl or cyclic N) is 1. The molecule has 0 spiro atoms. The second-order valence-electron chi connectivity index (χ2n) is 5.21. The molecule has 2 rings (SSSR count). The van der Waals surface area contributed by atoms with Crippen molar-refractivity contribution >= 4 is 5.97 Å². The lowest BCUT2D eigenvalue weighted by atomic mass is 10.00. The first-order valence-electron chi connectivity index (χ1n) is 6.98. The molecule has 1 aliphatic heterocycles. The highest BCUT2D eigenvalue weighted by atomic mass is 19.1. The first-order valence-corrected chi connectivity index (χ1v) is 6.98. The molecule has 1 heterocycles. The van der Waals surface area contributed by atoms with Crippen LogP contribution in [0.2, 0.25) is 0 Å². The molecule has 1 aliphatic rings. The highest BCUT2D eigenvalue weighted by Crippen LogP contribution is 2.24. The molecule has 116 valence electrons. The van der Waals surface area contributed by atoms with Gasteiger partial charge in [-0.2, -0.15) is 0 Å². The summed E-state index contributed by atoms with van der Waals surface area (Å²) in [6.45, 7) is 0.752. The number of hydrogen-bond acceptors (Lipinski definition) is 4. The number of aliphatic hydroxyl groups is 1. The van der Waals surface area contributed by atoms with Crippen LogP contribution in [-0.2, 0) is 9.53 Å². The van der Waals surface area contributed by atoms with E-state index in [1.54, 1.807) is 4.90 Å². The van der Waals surface area contributed by atoms with E-state index >= 15 is 0 Å². The largest absolute Gasteiger partial charge is 0.468 e. The lowest BCUT2D eigenvalue weighted by Gasteiger charge is -2.35. The molecule has 2 unspecified atom stereocenters. The summed E-state index contributed by atoms with van der Waals surface area (Å²) >= 11 is 0. The lowest BCUT2D eigenvalue weighted by Crippen LogP contribution is -2.46. The summed E-state index contributed by atoms with van der Waals surface area (Å²) in [4.78, 5) is 13.5. The minimum atomic E-state index is -1.11. The van der Waals surface area contributed by atoms with Gasteiger partial charge in [-0.1, -0.05) is 12.5 Å². The number of halogens is 2. The van der Waals surface area contributed by atoms with Crippen LogP contribution in [0.15, 0.2) is 18.2 Å². The quantitative estimate of drug-likeness (QED) is 0.864. The van der Waals surface area contributed by atoms with Crippen LogP contribution >= 0.6 is 0 Å². The number of rotatable bonds is 4. The van der Waals surface area contributed by atoms with Crippen LogP contribution in [0, 0.1) is 11.6 Å². The topological polar surface area (TPSA) is 49.8 Å². The van der Waals surface area contributed by atoms with E-state index in [2.05, 4.69) is 0 Å². The molecule has 1 aromatic carbocycles. The maximum Gasteiger partial charge on any atom is 0.323 e. The van der Waals surface area contributed by atoms with E-state index in [-0.39, 0.29) is 18.1 Å². The number of aliphatic hydroxyl groups excluding tert-OH is 1. The summed E-state index contributed by atoms with van der Waals surface area (Å²) < 4.78 is 31.3. The molecule has 0 amide bonds. The Bertz CT molecular complexity index is 510. The van der Waals surface area contributed by atoms with Gasteiger partial charge in [-0.05, 0) is 25.5 Å². The van der Waals surface area contributed by atoms with E-state index < -0.39 is 23.8 Å². The van der Waals surface area contributed by atoms with E-state index in [1.165, 1.54) is 13.2 Å². The van der Waals surface area contributed by atoms with Crippen LogP contribution in [0.4, 0.5) is 8.78 Å². The fraction of sp³-hybridized carbons (Fsp3) is 0.533. The second-order valence-corrected chi connectivity index (χ2v) is 5.21. The van der Waals surface area contributed by atoms with Gasteiger partial charge in [0.2, 0.25) is 0 Å². The molecule has 1 fully saturated rings. The highest BCUT2D eigenvalue weighted by molar-refractivity contribution is 5.75. The van der Waals surface area contributed by atoms with Crippen molar-refractivity contribution in [2.75, 3.05) is 20.2 Å². The standard InChI is InChI=1S/C15H19F2NO3/c1-21-15(20)13-4-2-3-7-18(13)9-14(19)11-6-5-10(16)8-12(11)17/h5-6,8,13-14,19H,2-4,7,9H2,1H3. The zero-order valence-electron chi connectivity index (χ0n) is 11.9. The van der Waals surface area contributed by atoms with Gasteiger partial charge >= 0.3 is 5.97 Å². The van der Waals surface area contributed by atoms with Crippen LogP contribution in [0.3, 0.4) is 0 Å². The number of nitrogens with zero attached hydrogens (tertiary/aromatic N) is 1. The SMILES string of the molecule is COC(=O)C1CCCCN1CC(O)c1ccc(F)cc1F. The predicted molar refractivity (Wildman–Crippen MR) is 72.5 cm³/mol. The van der Waals surface area contributed by atoms with Gasteiger partial charge in [0.15, 0.2) is 0 Å². The Labute approximate surface area is 122 Å². The van der Waals surface area contributed by atoms with Gasteiger partial charge in [-0.25, -0.2) is 8.78 Å². The van der Waals surface area contributed by atoms with E-state index in [0.29, 0.717) is 13.0 Å². The van der Waals surface area contributed by atoms with Crippen molar-refractivity contribution in [3.8, 4) is 0 Å². The van der Waals surface area contributed by atoms with Crippen molar-refractivity contribution < 1.29 is 23.4 Å². The first-order chi connectivity index (χ1) is 10.0. The number of carbonyl (C=O) groups is 1. The van der Waals surface area contributed by atoms with Gasteiger partial charge in [0, 0.05) is 18.2 Å². The average Bonchev–Trinajstić information content (AvgIpc) is 2.46. The Kier molecular flexibility index (Phi) is 5.25. The van der Waals surface area contributed by atoms with Gasteiger partial charge in [0.05, 0.1) is 13.2 Å². The maximum atomic E-state index is 13.7. The molecule has 0 radical (unpaired) electrons. The third-order valence-electron chi connectivity index (χ3n) is 3.82. The van der Waals surface area contributed by atoms with Gasteiger partial charge in [0.25, 0.3) is 0 Å². The third kappa shape index (κ3) is 3.77.